The van der Waals surface area contributed by atoms with Gasteiger partial charge in [0.05, 0.1) is 5.69 Å². The Kier molecular flexibility index (Phi) is 8.60. The Morgan fingerprint density at radius 3 is 2.58 bits per heavy atom. The summed E-state index contributed by atoms with van der Waals surface area (Å²) in [6.45, 7) is 2.51. The highest BCUT2D eigenvalue weighted by Gasteiger charge is 2.14. The average molecular weight is 447 g/mol. The molecular weight excluding hydrogens is 423 g/mol. The van der Waals surface area contributed by atoms with E-state index >= 15 is 0 Å². The number of carbonyl (C=O) groups is 2. The van der Waals surface area contributed by atoms with Crippen LogP contribution in [-0.4, -0.2) is 29.9 Å². The zero-order valence-electron chi connectivity index (χ0n) is 16.9. The van der Waals surface area contributed by atoms with Crippen LogP contribution in [0.5, 0.6) is 5.75 Å². The van der Waals surface area contributed by atoms with E-state index in [2.05, 4.69) is 15.6 Å². The van der Waals surface area contributed by atoms with Crippen LogP contribution in [0.25, 0.3) is 0 Å². The van der Waals surface area contributed by atoms with Gasteiger partial charge in [-0.25, -0.2) is 4.39 Å². The highest BCUT2D eigenvalue weighted by molar-refractivity contribution is 6.03. The van der Waals surface area contributed by atoms with Gasteiger partial charge in [0.25, 0.3) is 11.8 Å². The number of aromatic amines is 1. The molecule has 9 heteroatoms. The SMILES string of the molecule is Cc1[nH]c(C(=O)Nc2ccccc2OCc2cccc(C(=O)NCCN)c2)cc1F.Cl. The summed E-state index contributed by atoms with van der Waals surface area (Å²) in [5.41, 5.74) is 7.57. The van der Waals surface area contributed by atoms with E-state index < -0.39 is 11.7 Å². The predicted molar refractivity (Wildman–Crippen MR) is 119 cm³/mol. The van der Waals surface area contributed by atoms with Gasteiger partial charge in [0.2, 0.25) is 0 Å². The number of H-pyrrole nitrogens is 1. The van der Waals surface area contributed by atoms with Crippen molar-refractivity contribution >= 4 is 29.9 Å². The molecule has 0 aliphatic heterocycles. The number of anilines is 1. The zero-order valence-corrected chi connectivity index (χ0v) is 17.7. The number of hydrogen-bond donors (Lipinski definition) is 4. The second-order valence-electron chi connectivity index (χ2n) is 6.64. The number of nitrogens with one attached hydrogen (secondary N) is 3. The second-order valence-corrected chi connectivity index (χ2v) is 6.64. The molecule has 0 saturated carbocycles. The molecule has 0 unspecified atom stereocenters. The third kappa shape index (κ3) is 6.31. The summed E-state index contributed by atoms with van der Waals surface area (Å²) >= 11 is 0. The Hall–Kier alpha value is -3.36. The molecule has 7 nitrogen and oxygen atoms in total. The summed E-state index contributed by atoms with van der Waals surface area (Å²) in [4.78, 5) is 27.2. The molecule has 0 radical (unpaired) electrons. The van der Waals surface area contributed by atoms with Gasteiger partial charge in [0.15, 0.2) is 0 Å². The molecule has 2 amide bonds. The highest BCUT2D eigenvalue weighted by Crippen LogP contribution is 2.25. The zero-order chi connectivity index (χ0) is 21.5. The molecule has 2 aromatic carbocycles. The minimum absolute atomic E-state index is 0. The molecule has 0 aliphatic rings. The number of amides is 2. The molecule has 3 aromatic rings. The second kappa shape index (κ2) is 11.1. The number of rotatable bonds is 8. The van der Waals surface area contributed by atoms with Crippen molar-refractivity contribution in [2.75, 3.05) is 18.4 Å². The largest absolute Gasteiger partial charge is 0.487 e. The van der Waals surface area contributed by atoms with Crippen molar-refractivity contribution in [3.05, 3.63) is 82.9 Å². The number of halogens is 2. The first-order valence-electron chi connectivity index (χ1n) is 9.43. The van der Waals surface area contributed by atoms with Crippen LogP contribution in [0, 0.1) is 12.7 Å². The lowest BCUT2D eigenvalue weighted by molar-refractivity contribution is 0.0953. The maximum atomic E-state index is 13.5. The number of ether oxygens (including phenoxy) is 1. The number of benzene rings is 2. The monoisotopic (exact) mass is 446 g/mol. The summed E-state index contributed by atoms with van der Waals surface area (Å²) < 4.78 is 19.4. The van der Waals surface area contributed by atoms with Gasteiger partial charge in [-0.15, -0.1) is 12.4 Å². The van der Waals surface area contributed by atoms with Crippen molar-refractivity contribution in [2.45, 2.75) is 13.5 Å². The number of aryl methyl sites for hydroxylation is 1. The quantitative estimate of drug-likeness (QED) is 0.425. The van der Waals surface area contributed by atoms with Crippen molar-refractivity contribution in [3.8, 4) is 5.75 Å². The summed E-state index contributed by atoms with van der Waals surface area (Å²) in [5.74, 6) is -0.701. The van der Waals surface area contributed by atoms with Crippen LogP contribution in [0.3, 0.4) is 0 Å². The molecule has 0 fully saturated rings. The maximum absolute atomic E-state index is 13.5. The molecule has 1 heterocycles. The summed E-state index contributed by atoms with van der Waals surface area (Å²) in [6.07, 6.45) is 0. The first kappa shape index (κ1) is 23.9. The fourth-order valence-corrected chi connectivity index (χ4v) is 2.79. The highest BCUT2D eigenvalue weighted by atomic mass is 35.5. The average Bonchev–Trinajstić information content (AvgIpc) is 3.10. The third-order valence-electron chi connectivity index (χ3n) is 4.34. The van der Waals surface area contributed by atoms with E-state index in [0.717, 1.165) is 11.6 Å². The molecule has 0 spiro atoms. The summed E-state index contributed by atoms with van der Waals surface area (Å²) in [7, 11) is 0. The Bertz CT molecular complexity index is 1040. The molecule has 0 atom stereocenters. The van der Waals surface area contributed by atoms with Crippen LogP contribution in [0.4, 0.5) is 10.1 Å². The smallest absolute Gasteiger partial charge is 0.272 e. The first-order chi connectivity index (χ1) is 14.5. The van der Waals surface area contributed by atoms with Crippen LogP contribution in [0.1, 0.15) is 32.1 Å². The van der Waals surface area contributed by atoms with E-state index in [4.69, 9.17) is 10.5 Å². The lowest BCUT2D eigenvalue weighted by atomic mass is 10.1. The van der Waals surface area contributed by atoms with Gasteiger partial charge in [-0.3, -0.25) is 9.59 Å². The molecular formula is C22H24ClFN4O3. The lowest BCUT2D eigenvalue weighted by Gasteiger charge is -2.13. The van der Waals surface area contributed by atoms with Crippen molar-refractivity contribution in [2.24, 2.45) is 5.73 Å². The Balaban J connectivity index is 0.00000341. The van der Waals surface area contributed by atoms with Gasteiger partial charge < -0.3 is 26.1 Å². The van der Waals surface area contributed by atoms with E-state index in [1.165, 1.54) is 0 Å². The maximum Gasteiger partial charge on any atom is 0.272 e. The van der Waals surface area contributed by atoms with Crippen molar-refractivity contribution < 1.29 is 18.7 Å². The van der Waals surface area contributed by atoms with Crippen LogP contribution < -0.4 is 21.1 Å². The van der Waals surface area contributed by atoms with Gasteiger partial charge in [-0.1, -0.05) is 24.3 Å². The Morgan fingerprint density at radius 2 is 1.87 bits per heavy atom. The molecule has 0 saturated heterocycles. The molecule has 5 N–H and O–H groups in total. The van der Waals surface area contributed by atoms with Crippen molar-refractivity contribution in [3.63, 3.8) is 0 Å². The molecule has 31 heavy (non-hydrogen) atoms. The van der Waals surface area contributed by atoms with E-state index in [-0.39, 0.29) is 30.6 Å². The van der Waals surface area contributed by atoms with Gasteiger partial charge in [-0.2, -0.15) is 0 Å². The van der Waals surface area contributed by atoms with E-state index in [1.807, 2.05) is 6.07 Å². The summed E-state index contributed by atoms with van der Waals surface area (Å²) in [5, 5.41) is 5.44. The van der Waals surface area contributed by atoms with E-state index in [9.17, 15) is 14.0 Å². The van der Waals surface area contributed by atoms with Gasteiger partial charge >= 0.3 is 0 Å². The van der Waals surface area contributed by atoms with Crippen LogP contribution in [0.2, 0.25) is 0 Å². The Labute approximate surface area is 185 Å². The van der Waals surface area contributed by atoms with Gasteiger partial charge in [0.1, 0.15) is 23.9 Å². The summed E-state index contributed by atoms with van der Waals surface area (Å²) in [6, 6.07) is 15.1. The fourth-order valence-electron chi connectivity index (χ4n) is 2.79. The van der Waals surface area contributed by atoms with Crippen LogP contribution >= 0.6 is 12.4 Å². The topological polar surface area (TPSA) is 109 Å². The molecule has 0 bridgehead atoms. The first-order valence-corrected chi connectivity index (χ1v) is 9.43. The Morgan fingerprint density at radius 1 is 1.10 bits per heavy atom. The molecule has 3 rings (SSSR count). The number of hydrogen-bond acceptors (Lipinski definition) is 4. The van der Waals surface area contributed by atoms with Crippen LogP contribution in [0.15, 0.2) is 54.6 Å². The molecule has 164 valence electrons. The fraction of sp³-hybridized carbons (Fsp3) is 0.182. The molecule has 0 aliphatic carbocycles. The number of carbonyl (C=O) groups excluding carboxylic acids is 2. The normalized spacial score (nSPS) is 10.2. The van der Waals surface area contributed by atoms with Crippen molar-refractivity contribution in [1.82, 2.24) is 10.3 Å². The number of aromatic nitrogens is 1. The molecule has 1 aromatic heterocycles. The van der Waals surface area contributed by atoms with E-state index in [1.54, 1.807) is 49.4 Å². The predicted octanol–water partition coefficient (Wildman–Crippen LogP) is 3.40. The number of nitrogens with two attached hydrogens (primary N) is 1. The minimum Gasteiger partial charge on any atom is -0.487 e. The third-order valence-corrected chi connectivity index (χ3v) is 4.34. The van der Waals surface area contributed by atoms with Crippen molar-refractivity contribution in [1.29, 1.82) is 0 Å². The standard InChI is InChI=1S/C22H23FN4O3.ClH/c1-14-17(23)12-19(26-14)22(29)27-18-7-2-3-8-20(18)30-13-15-5-4-6-16(11-15)21(28)25-10-9-24;/h2-8,11-12,26H,9-10,13,24H2,1H3,(H,25,28)(H,27,29);1H. The van der Waals surface area contributed by atoms with Crippen LogP contribution in [-0.2, 0) is 6.61 Å². The van der Waals surface area contributed by atoms with Gasteiger partial charge in [-0.05, 0) is 36.8 Å². The minimum atomic E-state index is -0.475. The van der Waals surface area contributed by atoms with Gasteiger partial charge in [0, 0.05) is 30.4 Å². The number of para-hydroxylation sites is 2. The van der Waals surface area contributed by atoms with E-state index in [0.29, 0.717) is 35.8 Å². The lowest BCUT2D eigenvalue weighted by Crippen LogP contribution is -2.29.